The highest BCUT2D eigenvalue weighted by atomic mass is 35.5. The van der Waals surface area contributed by atoms with Crippen molar-refractivity contribution >= 4 is 27.3 Å². The van der Waals surface area contributed by atoms with E-state index >= 15 is 0 Å². The van der Waals surface area contributed by atoms with Gasteiger partial charge in [-0.2, -0.15) is 0 Å². The van der Waals surface area contributed by atoms with Gasteiger partial charge in [0.15, 0.2) is 0 Å². The van der Waals surface area contributed by atoms with E-state index in [9.17, 15) is 8.42 Å². The number of sulfonamides is 1. The second-order valence-corrected chi connectivity index (χ2v) is 7.47. The van der Waals surface area contributed by atoms with Gasteiger partial charge in [0.05, 0.1) is 11.4 Å². The first-order valence-corrected chi connectivity index (χ1v) is 8.83. The van der Waals surface area contributed by atoms with Gasteiger partial charge in [0.25, 0.3) is 0 Å². The van der Waals surface area contributed by atoms with Gasteiger partial charge < -0.3 is 5.32 Å². The topological polar surface area (TPSA) is 58.2 Å². The zero-order chi connectivity index (χ0) is 15.2. The molecule has 0 aliphatic rings. The fourth-order valence-corrected chi connectivity index (χ4v) is 3.14. The average Bonchev–Trinajstić information content (AvgIpc) is 2.32. The summed E-state index contributed by atoms with van der Waals surface area (Å²) in [4.78, 5) is 0. The van der Waals surface area contributed by atoms with Crippen molar-refractivity contribution < 1.29 is 8.42 Å². The van der Waals surface area contributed by atoms with Crippen LogP contribution in [-0.2, 0) is 10.0 Å². The Morgan fingerprint density at radius 1 is 1.25 bits per heavy atom. The van der Waals surface area contributed by atoms with Crippen LogP contribution in [0.5, 0.6) is 0 Å². The van der Waals surface area contributed by atoms with Crippen LogP contribution in [0.4, 0.5) is 5.69 Å². The van der Waals surface area contributed by atoms with Gasteiger partial charge in [-0.25, -0.2) is 8.42 Å². The van der Waals surface area contributed by atoms with E-state index in [1.54, 1.807) is 18.2 Å². The summed E-state index contributed by atoms with van der Waals surface area (Å²) < 4.78 is 26.6. The van der Waals surface area contributed by atoms with Crippen LogP contribution in [0.15, 0.2) is 18.2 Å². The SMILES string of the molecule is Cc1ccc(Cl)cc1NS(=O)(=O)CCCCNC(C)C. The van der Waals surface area contributed by atoms with E-state index in [0.29, 0.717) is 23.2 Å². The molecule has 1 rings (SSSR count). The van der Waals surface area contributed by atoms with Gasteiger partial charge >= 0.3 is 0 Å². The minimum atomic E-state index is -3.31. The number of unbranched alkanes of at least 4 members (excludes halogenated alkanes) is 1. The third-order valence-corrected chi connectivity index (χ3v) is 4.45. The van der Waals surface area contributed by atoms with Crippen molar-refractivity contribution in [1.82, 2.24) is 5.32 Å². The van der Waals surface area contributed by atoms with Crippen LogP contribution in [0.1, 0.15) is 32.3 Å². The number of hydrogen-bond acceptors (Lipinski definition) is 3. The smallest absolute Gasteiger partial charge is 0.232 e. The Balaban J connectivity index is 2.47. The lowest BCUT2D eigenvalue weighted by Crippen LogP contribution is -2.24. The van der Waals surface area contributed by atoms with Gasteiger partial charge in [0.2, 0.25) is 10.0 Å². The Bertz CT molecular complexity index is 530. The van der Waals surface area contributed by atoms with Crippen LogP contribution in [0, 0.1) is 6.92 Å². The van der Waals surface area contributed by atoms with Gasteiger partial charge in [-0.3, -0.25) is 4.72 Å². The van der Waals surface area contributed by atoms with Crippen molar-refractivity contribution in [2.45, 2.75) is 39.7 Å². The van der Waals surface area contributed by atoms with Crippen LogP contribution in [-0.4, -0.2) is 26.8 Å². The Hall–Kier alpha value is -0.780. The Morgan fingerprint density at radius 2 is 1.95 bits per heavy atom. The van der Waals surface area contributed by atoms with Crippen molar-refractivity contribution in [2.75, 3.05) is 17.0 Å². The summed E-state index contributed by atoms with van der Waals surface area (Å²) in [6.45, 7) is 6.82. The number of hydrogen-bond donors (Lipinski definition) is 2. The van der Waals surface area contributed by atoms with Crippen molar-refractivity contribution in [3.63, 3.8) is 0 Å². The van der Waals surface area contributed by atoms with E-state index in [1.165, 1.54) is 0 Å². The lowest BCUT2D eigenvalue weighted by molar-refractivity contribution is 0.561. The number of anilines is 1. The summed E-state index contributed by atoms with van der Waals surface area (Å²) in [7, 11) is -3.31. The summed E-state index contributed by atoms with van der Waals surface area (Å²) in [5.41, 5.74) is 1.41. The molecule has 0 unspecified atom stereocenters. The third-order valence-electron chi connectivity index (χ3n) is 2.86. The zero-order valence-electron chi connectivity index (χ0n) is 12.2. The second-order valence-electron chi connectivity index (χ2n) is 5.20. The maximum absolute atomic E-state index is 12.0. The molecule has 0 bridgehead atoms. The van der Waals surface area contributed by atoms with Crippen molar-refractivity contribution in [2.24, 2.45) is 0 Å². The molecule has 0 amide bonds. The summed E-state index contributed by atoms with van der Waals surface area (Å²) in [6.07, 6.45) is 1.47. The Labute approximate surface area is 127 Å². The fourth-order valence-electron chi connectivity index (χ4n) is 1.73. The van der Waals surface area contributed by atoms with Crippen molar-refractivity contribution in [3.05, 3.63) is 28.8 Å². The van der Waals surface area contributed by atoms with E-state index in [4.69, 9.17) is 11.6 Å². The van der Waals surface area contributed by atoms with Gasteiger partial charge in [0, 0.05) is 11.1 Å². The molecule has 0 saturated heterocycles. The summed E-state index contributed by atoms with van der Waals surface area (Å²) in [6, 6.07) is 5.60. The van der Waals surface area contributed by atoms with Crippen molar-refractivity contribution in [1.29, 1.82) is 0 Å². The molecule has 6 heteroatoms. The third kappa shape index (κ3) is 6.59. The molecule has 0 saturated carbocycles. The molecule has 114 valence electrons. The van der Waals surface area contributed by atoms with Crippen LogP contribution in [0.25, 0.3) is 0 Å². The molecule has 0 radical (unpaired) electrons. The monoisotopic (exact) mass is 318 g/mol. The lowest BCUT2D eigenvalue weighted by Gasteiger charge is -2.11. The molecular formula is C14H23ClN2O2S. The van der Waals surface area contributed by atoms with Crippen LogP contribution in [0.3, 0.4) is 0 Å². The van der Waals surface area contributed by atoms with Gasteiger partial charge in [-0.15, -0.1) is 0 Å². The van der Waals surface area contributed by atoms with Gasteiger partial charge in [-0.1, -0.05) is 31.5 Å². The largest absolute Gasteiger partial charge is 0.315 e. The van der Waals surface area contributed by atoms with E-state index < -0.39 is 10.0 Å². The highest BCUT2D eigenvalue weighted by Gasteiger charge is 2.11. The summed E-state index contributed by atoms with van der Waals surface area (Å²) in [5.74, 6) is 0.124. The molecule has 0 spiro atoms. The molecule has 1 aromatic rings. The van der Waals surface area contributed by atoms with Crippen molar-refractivity contribution in [3.8, 4) is 0 Å². The molecular weight excluding hydrogens is 296 g/mol. The first-order valence-electron chi connectivity index (χ1n) is 6.80. The number of halogens is 1. The van der Waals surface area contributed by atoms with E-state index in [-0.39, 0.29) is 5.75 Å². The predicted octanol–water partition coefficient (Wildman–Crippen LogP) is 3.17. The van der Waals surface area contributed by atoms with E-state index in [1.807, 2.05) is 6.92 Å². The van der Waals surface area contributed by atoms with Gasteiger partial charge in [-0.05, 0) is 44.0 Å². The van der Waals surface area contributed by atoms with Crippen LogP contribution in [0.2, 0.25) is 5.02 Å². The maximum atomic E-state index is 12.0. The number of nitrogens with one attached hydrogen (secondary N) is 2. The highest BCUT2D eigenvalue weighted by molar-refractivity contribution is 7.92. The first-order chi connectivity index (χ1) is 9.30. The van der Waals surface area contributed by atoms with Gasteiger partial charge in [0.1, 0.15) is 0 Å². The minimum absolute atomic E-state index is 0.124. The maximum Gasteiger partial charge on any atom is 0.232 e. The average molecular weight is 319 g/mol. The molecule has 0 heterocycles. The number of aryl methyl sites for hydroxylation is 1. The molecule has 4 nitrogen and oxygen atoms in total. The van der Waals surface area contributed by atoms with E-state index in [0.717, 1.165) is 18.5 Å². The molecule has 0 aliphatic carbocycles. The summed E-state index contributed by atoms with van der Waals surface area (Å²) >= 11 is 5.88. The Morgan fingerprint density at radius 3 is 2.60 bits per heavy atom. The van der Waals surface area contributed by atoms with E-state index in [2.05, 4.69) is 23.9 Å². The summed E-state index contributed by atoms with van der Waals surface area (Å²) in [5, 5.41) is 3.79. The van der Waals surface area contributed by atoms with Crippen LogP contribution < -0.4 is 10.0 Å². The fraction of sp³-hybridized carbons (Fsp3) is 0.571. The number of rotatable bonds is 8. The first kappa shape index (κ1) is 17.3. The normalized spacial score (nSPS) is 11.8. The molecule has 2 N–H and O–H groups in total. The lowest BCUT2D eigenvalue weighted by atomic mass is 10.2. The molecule has 0 aromatic heterocycles. The van der Waals surface area contributed by atoms with Crippen LogP contribution >= 0.6 is 11.6 Å². The predicted molar refractivity (Wildman–Crippen MR) is 86.0 cm³/mol. The number of benzene rings is 1. The highest BCUT2D eigenvalue weighted by Crippen LogP contribution is 2.21. The minimum Gasteiger partial charge on any atom is -0.315 e. The molecule has 0 fully saturated rings. The molecule has 1 aromatic carbocycles. The molecule has 0 atom stereocenters. The second kappa shape index (κ2) is 7.86. The molecule has 20 heavy (non-hydrogen) atoms. The quantitative estimate of drug-likeness (QED) is 0.724. The molecule has 0 aliphatic heterocycles. The standard InChI is InChI=1S/C14H23ClN2O2S/c1-11(2)16-8-4-5-9-20(18,19)17-14-10-13(15)7-6-12(14)3/h6-7,10-11,16-17H,4-5,8-9H2,1-3H3. The zero-order valence-corrected chi connectivity index (χ0v) is 13.8. The Kier molecular flexibility index (Phi) is 6.79.